The molecule has 0 saturated heterocycles. The Kier molecular flexibility index (Phi) is 6.13. The summed E-state index contributed by atoms with van der Waals surface area (Å²) in [6, 6.07) is 46.6. The first kappa shape index (κ1) is 22.0. The topological polar surface area (TPSA) is 16.1 Å². The zero-order valence-electron chi connectivity index (χ0n) is 19.7. The third kappa shape index (κ3) is 4.70. The van der Waals surface area contributed by atoms with Gasteiger partial charge in [-0.2, -0.15) is 0 Å². The fraction of sp³-hybridized carbons (Fsp3) is 0. The molecule has 1 aromatic heterocycles. The number of aromatic nitrogens is 1. The van der Waals surface area contributed by atoms with Crippen molar-refractivity contribution in [1.29, 1.82) is 0 Å². The van der Waals surface area contributed by atoms with E-state index in [1.807, 2.05) is 18.2 Å². The second-order valence-electron chi connectivity index (χ2n) is 8.53. The van der Waals surface area contributed by atoms with Crippen LogP contribution >= 0.6 is 11.3 Å². The van der Waals surface area contributed by atoms with Gasteiger partial charge in [-0.3, -0.25) is 0 Å². The van der Waals surface area contributed by atoms with Gasteiger partial charge in [-0.05, 0) is 71.3 Å². The molecule has 0 spiro atoms. The van der Waals surface area contributed by atoms with Crippen LogP contribution in [0.3, 0.4) is 0 Å². The lowest BCUT2D eigenvalue weighted by Gasteiger charge is -2.25. The SMILES string of the molecule is C(=C\c1nc2cc(-c3ccc(N(c4ccccc4)c4ccccc4)cc3)ccc2s1)/c1ccccc1. The number of benzene rings is 5. The van der Waals surface area contributed by atoms with E-state index in [0.717, 1.165) is 27.6 Å². The molecule has 0 aliphatic rings. The van der Waals surface area contributed by atoms with Gasteiger partial charge in [-0.15, -0.1) is 11.3 Å². The van der Waals surface area contributed by atoms with E-state index < -0.39 is 0 Å². The zero-order valence-corrected chi connectivity index (χ0v) is 20.5. The molecule has 0 amide bonds. The van der Waals surface area contributed by atoms with Crippen LogP contribution in [0, 0.1) is 0 Å². The fourth-order valence-electron chi connectivity index (χ4n) is 4.33. The fourth-order valence-corrected chi connectivity index (χ4v) is 5.18. The molecule has 36 heavy (non-hydrogen) atoms. The van der Waals surface area contributed by atoms with Crippen LogP contribution < -0.4 is 4.90 Å². The van der Waals surface area contributed by atoms with Crippen LogP contribution in [0.5, 0.6) is 0 Å². The van der Waals surface area contributed by atoms with Crippen molar-refractivity contribution in [3.05, 3.63) is 144 Å². The van der Waals surface area contributed by atoms with Crippen LogP contribution in [-0.2, 0) is 0 Å². The van der Waals surface area contributed by atoms with Gasteiger partial charge in [0.2, 0.25) is 0 Å². The van der Waals surface area contributed by atoms with Gasteiger partial charge in [0.25, 0.3) is 0 Å². The molecule has 0 unspecified atom stereocenters. The molecule has 6 rings (SSSR count). The number of thiazole rings is 1. The van der Waals surface area contributed by atoms with Crippen molar-refractivity contribution >= 4 is 50.8 Å². The van der Waals surface area contributed by atoms with Gasteiger partial charge >= 0.3 is 0 Å². The standard InChI is InChI=1S/C33H24N2S/c1-4-10-25(11-5-1)16-23-33-34-31-24-27(19-22-32(31)36-33)26-17-20-30(21-18-26)35(28-12-6-2-7-13-28)29-14-8-3-9-15-29/h1-24H/b23-16+. The largest absolute Gasteiger partial charge is 0.311 e. The van der Waals surface area contributed by atoms with E-state index in [1.165, 1.54) is 21.4 Å². The van der Waals surface area contributed by atoms with Crippen LogP contribution in [0.1, 0.15) is 10.6 Å². The molecule has 1 heterocycles. The van der Waals surface area contributed by atoms with E-state index in [4.69, 9.17) is 4.98 Å². The Balaban J connectivity index is 1.29. The lowest BCUT2D eigenvalue weighted by molar-refractivity contribution is 1.28. The molecule has 3 heteroatoms. The number of rotatable bonds is 6. The molecule has 0 bridgehead atoms. The van der Waals surface area contributed by atoms with E-state index in [2.05, 4.69) is 132 Å². The number of para-hydroxylation sites is 2. The molecule has 0 aliphatic heterocycles. The number of hydrogen-bond acceptors (Lipinski definition) is 3. The Morgan fingerprint density at radius 1 is 0.528 bits per heavy atom. The maximum absolute atomic E-state index is 4.86. The summed E-state index contributed by atoms with van der Waals surface area (Å²) in [7, 11) is 0. The van der Waals surface area contributed by atoms with Gasteiger partial charge in [0, 0.05) is 17.1 Å². The maximum Gasteiger partial charge on any atom is 0.117 e. The molecule has 0 saturated carbocycles. The summed E-state index contributed by atoms with van der Waals surface area (Å²) in [6.07, 6.45) is 4.21. The molecule has 0 radical (unpaired) electrons. The van der Waals surface area contributed by atoms with E-state index in [-0.39, 0.29) is 0 Å². The van der Waals surface area contributed by atoms with Crippen molar-refractivity contribution < 1.29 is 0 Å². The smallest absolute Gasteiger partial charge is 0.117 e. The Hall–Kier alpha value is -4.47. The quantitative estimate of drug-likeness (QED) is 0.236. The summed E-state index contributed by atoms with van der Waals surface area (Å²) in [5.41, 5.74) is 7.95. The van der Waals surface area contributed by atoms with E-state index >= 15 is 0 Å². The van der Waals surface area contributed by atoms with Crippen molar-refractivity contribution in [1.82, 2.24) is 4.98 Å². The highest BCUT2D eigenvalue weighted by Gasteiger charge is 2.12. The molecule has 0 N–H and O–H groups in total. The van der Waals surface area contributed by atoms with Gasteiger partial charge in [0.15, 0.2) is 0 Å². The van der Waals surface area contributed by atoms with Gasteiger partial charge in [0.1, 0.15) is 5.01 Å². The lowest BCUT2D eigenvalue weighted by atomic mass is 10.0. The number of nitrogens with zero attached hydrogens (tertiary/aromatic N) is 2. The van der Waals surface area contributed by atoms with Crippen LogP contribution in [0.15, 0.2) is 133 Å². The zero-order chi connectivity index (χ0) is 24.2. The monoisotopic (exact) mass is 480 g/mol. The highest BCUT2D eigenvalue weighted by Crippen LogP contribution is 2.36. The third-order valence-corrected chi connectivity index (χ3v) is 7.11. The van der Waals surface area contributed by atoms with Crippen LogP contribution in [-0.4, -0.2) is 4.98 Å². The summed E-state index contributed by atoms with van der Waals surface area (Å²) in [5, 5.41) is 1.02. The second-order valence-corrected chi connectivity index (χ2v) is 9.59. The lowest BCUT2D eigenvalue weighted by Crippen LogP contribution is -2.09. The van der Waals surface area contributed by atoms with Crippen molar-refractivity contribution in [2.45, 2.75) is 0 Å². The summed E-state index contributed by atoms with van der Waals surface area (Å²) in [4.78, 5) is 7.14. The first-order valence-corrected chi connectivity index (χ1v) is 12.8. The first-order valence-electron chi connectivity index (χ1n) is 12.0. The molecule has 2 nitrogen and oxygen atoms in total. The number of fused-ring (bicyclic) bond motifs is 1. The van der Waals surface area contributed by atoms with Crippen molar-refractivity contribution in [3.8, 4) is 11.1 Å². The Bertz CT molecular complexity index is 1560. The summed E-state index contributed by atoms with van der Waals surface area (Å²) in [5.74, 6) is 0. The molecule has 0 fully saturated rings. The molecular formula is C33H24N2S. The predicted octanol–water partition coefficient (Wildman–Crippen LogP) is 9.60. The molecule has 172 valence electrons. The van der Waals surface area contributed by atoms with Gasteiger partial charge < -0.3 is 4.90 Å². The highest BCUT2D eigenvalue weighted by atomic mass is 32.1. The van der Waals surface area contributed by atoms with Crippen LogP contribution in [0.25, 0.3) is 33.5 Å². The highest BCUT2D eigenvalue weighted by molar-refractivity contribution is 7.19. The average molecular weight is 481 g/mol. The van der Waals surface area contributed by atoms with Gasteiger partial charge in [-0.25, -0.2) is 4.98 Å². The van der Waals surface area contributed by atoms with Crippen LogP contribution in [0.2, 0.25) is 0 Å². The van der Waals surface area contributed by atoms with Gasteiger partial charge in [-0.1, -0.05) is 91.0 Å². The van der Waals surface area contributed by atoms with E-state index in [0.29, 0.717) is 0 Å². The van der Waals surface area contributed by atoms with Gasteiger partial charge in [0.05, 0.1) is 10.2 Å². The van der Waals surface area contributed by atoms with E-state index in [1.54, 1.807) is 11.3 Å². The van der Waals surface area contributed by atoms with Crippen molar-refractivity contribution in [2.24, 2.45) is 0 Å². The minimum Gasteiger partial charge on any atom is -0.311 e. The summed E-state index contributed by atoms with van der Waals surface area (Å²) < 4.78 is 1.20. The van der Waals surface area contributed by atoms with Crippen molar-refractivity contribution in [2.75, 3.05) is 4.90 Å². The number of anilines is 3. The first-order chi connectivity index (χ1) is 17.8. The van der Waals surface area contributed by atoms with E-state index in [9.17, 15) is 0 Å². The Morgan fingerprint density at radius 3 is 1.72 bits per heavy atom. The molecular weight excluding hydrogens is 456 g/mol. The average Bonchev–Trinajstić information content (AvgIpc) is 3.37. The summed E-state index contributed by atoms with van der Waals surface area (Å²) in [6.45, 7) is 0. The summed E-state index contributed by atoms with van der Waals surface area (Å²) >= 11 is 1.72. The third-order valence-electron chi connectivity index (χ3n) is 6.11. The Morgan fingerprint density at radius 2 is 1.08 bits per heavy atom. The minimum atomic E-state index is 1.02. The normalized spacial score (nSPS) is 11.2. The van der Waals surface area contributed by atoms with Crippen LogP contribution in [0.4, 0.5) is 17.1 Å². The Labute approximate surface area is 215 Å². The maximum atomic E-state index is 4.86. The molecule has 0 atom stereocenters. The van der Waals surface area contributed by atoms with Crippen molar-refractivity contribution in [3.63, 3.8) is 0 Å². The second kappa shape index (κ2) is 10.0. The molecule has 0 aliphatic carbocycles. The minimum absolute atomic E-state index is 1.02. The number of hydrogen-bond donors (Lipinski definition) is 0. The predicted molar refractivity (Wildman–Crippen MR) is 155 cm³/mol. The molecule has 5 aromatic carbocycles. The molecule has 6 aromatic rings.